The van der Waals surface area contributed by atoms with Crippen molar-refractivity contribution in [3.8, 4) is 0 Å². The Hall–Kier alpha value is -1.36. The molecule has 0 spiro atoms. The highest BCUT2D eigenvalue weighted by Gasteiger charge is 2.14. The molecule has 0 saturated heterocycles. The van der Waals surface area contributed by atoms with Gasteiger partial charge in [-0.1, -0.05) is 0 Å². The minimum Gasteiger partial charge on any atom is -0.396 e. The second-order valence-corrected chi connectivity index (χ2v) is 4.02. The lowest BCUT2D eigenvalue weighted by atomic mass is 10.2. The Balaban J connectivity index is 2.69. The van der Waals surface area contributed by atoms with E-state index in [1.165, 1.54) is 0 Å². The van der Waals surface area contributed by atoms with E-state index in [0.717, 1.165) is 5.69 Å². The van der Waals surface area contributed by atoms with Crippen LogP contribution in [-0.4, -0.2) is 33.9 Å². The monoisotopic (exact) mass is 225 g/mol. The quantitative estimate of drug-likeness (QED) is 0.731. The number of hydrogen-bond acceptors (Lipinski definition) is 3. The van der Waals surface area contributed by atoms with Crippen LogP contribution in [0, 0.1) is 6.92 Å². The van der Waals surface area contributed by atoms with Gasteiger partial charge < -0.3 is 10.4 Å². The Morgan fingerprint density at radius 1 is 1.62 bits per heavy atom. The van der Waals surface area contributed by atoms with Crippen molar-refractivity contribution in [2.45, 2.75) is 33.2 Å². The van der Waals surface area contributed by atoms with Crippen LogP contribution in [0.4, 0.5) is 0 Å². The molecule has 16 heavy (non-hydrogen) atoms. The molecule has 1 amide bonds. The first kappa shape index (κ1) is 12.7. The van der Waals surface area contributed by atoms with Gasteiger partial charge in [0.1, 0.15) is 0 Å². The maximum absolute atomic E-state index is 11.7. The van der Waals surface area contributed by atoms with Gasteiger partial charge >= 0.3 is 0 Å². The van der Waals surface area contributed by atoms with Crippen LogP contribution in [0.5, 0.6) is 0 Å². The maximum Gasteiger partial charge on any atom is 0.254 e. The van der Waals surface area contributed by atoms with Gasteiger partial charge in [-0.25, -0.2) is 0 Å². The van der Waals surface area contributed by atoms with E-state index >= 15 is 0 Å². The molecule has 0 aromatic carbocycles. The van der Waals surface area contributed by atoms with Crippen molar-refractivity contribution in [2.75, 3.05) is 13.2 Å². The summed E-state index contributed by atoms with van der Waals surface area (Å²) < 4.78 is 1.82. The van der Waals surface area contributed by atoms with Gasteiger partial charge in [0.15, 0.2) is 0 Å². The SMILES string of the molecule is Cc1c(C(=O)NCCCO)cnn1C(C)C. The minimum atomic E-state index is -0.127. The summed E-state index contributed by atoms with van der Waals surface area (Å²) in [5, 5.41) is 15.5. The van der Waals surface area contributed by atoms with Gasteiger partial charge in [0.2, 0.25) is 0 Å². The van der Waals surface area contributed by atoms with Gasteiger partial charge in [-0.2, -0.15) is 5.10 Å². The van der Waals surface area contributed by atoms with E-state index in [9.17, 15) is 4.79 Å². The van der Waals surface area contributed by atoms with Crippen LogP contribution in [0.15, 0.2) is 6.20 Å². The molecule has 5 heteroatoms. The number of aliphatic hydroxyl groups is 1. The third-order valence-corrected chi connectivity index (χ3v) is 2.40. The summed E-state index contributed by atoms with van der Waals surface area (Å²) in [4.78, 5) is 11.7. The van der Waals surface area contributed by atoms with E-state index in [1.807, 2.05) is 25.5 Å². The minimum absolute atomic E-state index is 0.0878. The molecule has 0 fully saturated rings. The molecule has 1 heterocycles. The smallest absolute Gasteiger partial charge is 0.254 e. The third-order valence-electron chi connectivity index (χ3n) is 2.40. The van der Waals surface area contributed by atoms with Crippen LogP contribution < -0.4 is 5.32 Å². The van der Waals surface area contributed by atoms with Crippen molar-refractivity contribution in [1.29, 1.82) is 0 Å². The summed E-state index contributed by atoms with van der Waals surface area (Å²) in [6, 6.07) is 0.249. The number of aromatic nitrogens is 2. The van der Waals surface area contributed by atoms with Crippen molar-refractivity contribution in [2.24, 2.45) is 0 Å². The van der Waals surface area contributed by atoms with Crippen molar-refractivity contribution < 1.29 is 9.90 Å². The van der Waals surface area contributed by atoms with Crippen LogP contribution in [0.3, 0.4) is 0 Å². The summed E-state index contributed by atoms with van der Waals surface area (Å²) in [6.45, 7) is 6.50. The lowest BCUT2D eigenvalue weighted by molar-refractivity contribution is 0.0950. The fourth-order valence-electron chi connectivity index (χ4n) is 1.54. The molecular formula is C11H19N3O2. The summed E-state index contributed by atoms with van der Waals surface area (Å²) in [5.74, 6) is -0.127. The first-order valence-electron chi connectivity index (χ1n) is 5.51. The van der Waals surface area contributed by atoms with E-state index in [1.54, 1.807) is 6.20 Å². The predicted octanol–water partition coefficient (Wildman–Crippen LogP) is 0.885. The molecule has 0 bridgehead atoms. The molecular weight excluding hydrogens is 206 g/mol. The lowest BCUT2D eigenvalue weighted by Gasteiger charge is -2.08. The first-order chi connectivity index (χ1) is 7.57. The Morgan fingerprint density at radius 2 is 2.31 bits per heavy atom. The Bertz CT molecular complexity index is 358. The summed E-state index contributed by atoms with van der Waals surface area (Å²) in [7, 11) is 0. The Kier molecular flexibility index (Phi) is 4.49. The number of nitrogens with one attached hydrogen (secondary N) is 1. The molecule has 0 atom stereocenters. The molecule has 1 rings (SSSR count). The Labute approximate surface area is 95.5 Å². The number of hydrogen-bond donors (Lipinski definition) is 2. The molecule has 0 radical (unpaired) electrons. The molecule has 5 nitrogen and oxygen atoms in total. The lowest BCUT2D eigenvalue weighted by Crippen LogP contribution is -2.25. The van der Waals surface area contributed by atoms with E-state index in [-0.39, 0.29) is 18.6 Å². The fourth-order valence-corrected chi connectivity index (χ4v) is 1.54. The molecule has 1 aromatic rings. The van der Waals surface area contributed by atoms with Gasteiger partial charge in [0, 0.05) is 24.9 Å². The number of rotatable bonds is 5. The first-order valence-corrected chi connectivity index (χ1v) is 5.51. The molecule has 0 aliphatic carbocycles. The van der Waals surface area contributed by atoms with Gasteiger partial charge in [-0.15, -0.1) is 0 Å². The van der Waals surface area contributed by atoms with Crippen LogP contribution in [0.25, 0.3) is 0 Å². The van der Waals surface area contributed by atoms with Crippen LogP contribution >= 0.6 is 0 Å². The normalized spacial score (nSPS) is 10.8. The standard InChI is InChI=1S/C11H19N3O2/c1-8(2)14-9(3)10(7-13-14)11(16)12-5-4-6-15/h7-8,15H,4-6H2,1-3H3,(H,12,16). The van der Waals surface area contributed by atoms with E-state index < -0.39 is 0 Å². The van der Waals surface area contributed by atoms with Crippen molar-refractivity contribution >= 4 is 5.91 Å². The van der Waals surface area contributed by atoms with Crippen LogP contribution in [0.1, 0.15) is 42.4 Å². The van der Waals surface area contributed by atoms with Crippen LogP contribution in [-0.2, 0) is 0 Å². The van der Waals surface area contributed by atoms with Gasteiger partial charge in [0.25, 0.3) is 5.91 Å². The molecule has 0 aliphatic rings. The van der Waals surface area contributed by atoms with E-state index in [4.69, 9.17) is 5.11 Å². The third kappa shape index (κ3) is 2.82. The van der Waals surface area contributed by atoms with Gasteiger partial charge in [-0.3, -0.25) is 9.48 Å². The highest BCUT2D eigenvalue weighted by Crippen LogP contribution is 2.12. The molecule has 1 aromatic heterocycles. The zero-order chi connectivity index (χ0) is 12.1. The highest BCUT2D eigenvalue weighted by molar-refractivity contribution is 5.95. The van der Waals surface area contributed by atoms with E-state index in [0.29, 0.717) is 18.5 Å². The predicted molar refractivity (Wildman–Crippen MR) is 61.4 cm³/mol. The van der Waals surface area contributed by atoms with Crippen molar-refractivity contribution in [3.05, 3.63) is 17.5 Å². The number of nitrogens with zero attached hydrogens (tertiary/aromatic N) is 2. The number of carbonyl (C=O) groups is 1. The molecule has 0 saturated carbocycles. The number of aliphatic hydroxyl groups excluding tert-OH is 1. The van der Waals surface area contributed by atoms with Gasteiger partial charge in [0.05, 0.1) is 11.8 Å². The van der Waals surface area contributed by atoms with Crippen molar-refractivity contribution in [1.82, 2.24) is 15.1 Å². The highest BCUT2D eigenvalue weighted by atomic mass is 16.3. The fraction of sp³-hybridized carbons (Fsp3) is 0.636. The summed E-state index contributed by atoms with van der Waals surface area (Å²) >= 11 is 0. The molecule has 0 aliphatic heterocycles. The Morgan fingerprint density at radius 3 is 2.81 bits per heavy atom. The second kappa shape index (κ2) is 5.65. The summed E-state index contributed by atoms with van der Waals surface area (Å²) in [6.07, 6.45) is 2.16. The zero-order valence-electron chi connectivity index (χ0n) is 10.0. The second-order valence-electron chi connectivity index (χ2n) is 4.02. The maximum atomic E-state index is 11.7. The summed E-state index contributed by atoms with van der Waals surface area (Å²) in [5.41, 5.74) is 1.48. The average molecular weight is 225 g/mol. The zero-order valence-corrected chi connectivity index (χ0v) is 10.0. The largest absolute Gasteiger partial charge is 0.396 e. The topological polar surface area (TPSA) is 67.2 Å². The molecule has 0 unspecified atom stereocenters. The average Bonchev–Trinajstić information content (AvgIpc) is 2.60. The molecule has 2 N–H and O–H groups in total. The van der Waals surface area contributed by atoms with Crippen molar-refractivity contribution in [3.63, 3.8) is 0 Å². The van der Waals surface area contributed by atoms with E-state index in [2.05, 4.69) is 10.4 Å². The number of amides is 1. The van der Waals surface area contributed by atoms with Crippen LogP contribution in [0.2, 0.25) is 0 Å². The number of carbonyl (C=O) groups excluding carboxylic acids is 1. The van der Waals surface area contributed by atoms with Gasteiger partial charge in [-0.05, 0) is 27.2 Å². The molecule has 90 valence electrons.